The van der Waals surface area contributed by atoms with Gasteiger partial charge >= 0.3 is 0 Å². The molecule has 2 aromatic rings. The van der Waals surface area contributed by atoms with Gasteiger partial charge in [-0.1, -0.05) is 95.9 Å². The van der Waals surface area contributed by atoms with Gasteiger partial charge in [0.05, 0.1) is 3.92 Å². The van der Waals surface area contributed by atoms with E-state index in [1.54, 1.807) is 6.08 Å². The monoisotopic (exact) mass is 455 g/mol. The van der Waals surface area contributed by atoms with Crippen LogP contribution >= 0.6 is 22.6 Å². The van der Waals surface area contributed by atoms with Gasteiger partial charge in [0.15, 0.2) is 0 Å². The third-order valence-corrected chi connectivity index (χ3v) is 5.65. The number of hydrogen-bond acceptors (Lipinski definition) is 1. The van der Waals surface area contributed by atoms with Crippen molar-refractivity contribution in [2.24, 2.45) is 0 Å². The fourth-order valence-electron chi connectivity index (χ4n) is 3.39. The number of allylic oxidation sites excluding steroid dienone is 4. The molecule has 0 aliphatic heterocycles. The van der Waals surface area contributed by atoms with Crippen LogP contribution in [-0.2, 0) is 4.79 Å². The number of benzene rings is 2. The Bertz CT molecular complexity index is 836. The van der Waals surface area contributed by atoms with E-state index in [1.807, 2.05) is 25.2 Å². The molecule has 3 heteroatoms. The largest absolute Gasteiger partial charge is 0.326 e. The summed E-state index contributed by atoms with van der Waals surface area (Å²) in [6.45, 7) is 5.84. The summed E-state index contributed by atoms with van der Waals surface area (Å²) in [6, 6.07) is 17.0. The Labute approximate surface area is 168 Å². The Morgan fingerprint density at radius 3 is 2.27 bits per heavy atom. The van der Waals surface area contributed by atoms with Crippen LogP contribution in [0.3, 0.4) is 0 Å². The summed E-state index contributed by atoms with van der Waals surface area (Å²) in [7, 11) is 0. The third-order valence-electron chi connectivity index (χ3n) is 4.57. The zero-order valence-corrected chi connectivity index (χ0v) is 16.9. The van der Waals surface area contributed by atoms with E-state index in [-0.39, 0.29) is 15.7 Å². The molecule has 0 unspecified atom stereocenters. The molecule has 1 aliphatic carbocycles. The molecule has 26 heavy (non-hydrogen) atoms. The van der Waals surface area contributed by atoms with Gasteiger partial charge in [0.2, 0.25) is 5.91 Å². The number of halogens is 1. The highest BCUT2D eigenvalue weighted by molar-refractivity contribution is 14.1. The molecule has 0 heterocycles. The van der Waals surface area contributed by atoms with Gasteiger partial charge < -0.3 is 5.32 Å². The zero-order chi connectivity index (χ0) is 18.5. The van der Waals surface area contributed by atoms with E-state index in [0.717, 1.165) is 6.42 Å². The van der Waals surface area contributed by atoms with Crippen molar-refractivity contribution in [3.8, 4) is 11.1 Å². The summed E-state index contributed by atoms with van der Waals surface area (Å²) in [5.74, 6) is 0.254. The number of carbonyl (C=O) groups excluding carboxylic acids is 1. The molecule has 0 fully saturated rings. The second-order valence-corrected chi connectivity index (χ2v) is 7.83. The predicted octanol–water partition coefficient (Wildman–Crippen LogP) is 5.75. The lowest BCUT2D eigenvalue weighted by molar-refractivity contribution is -0.119. The minimum absolute atomic E-state index is 0.00240. The van der Waals surface area contributed by atoms with E-state index in [1.165, 1.54) is 22.3 Å². The van der Waals surface area contributed by atoms with Gasteiger partial charge in [-0.3, -0.25) is 4.79 Å². The highest BCUT2D eigenvalue weighted by atomic mass is 127. The lowest BCUT2D eigenvalue weighted by Gasteiger charge is -2.18. The molecule has 0 bridgehead atoms. The number of amides is 1. The highest BCUT2D eigenvalue weighted by Crippen LogP contribution is 2.47. The van der Waals surface area contributed by atoms with Crippen molar-refractivity contribution in [2.45, 2.75) is 23.2 Å². The van der Waals surface area contributed by atoms with Gasteiger partial charge in [-0.05, 0) is 41.7 Å². The van der Waals surface area contributed by atoms with Crippen molar-refractivity contribution in [2.75, 3.05) is 0 Å². The third kappa shape index (κ3) is 3.98. The smallest absolute Gasteiger partial charge is 0.237 e. The molecule has 1 aliphatic rings. The maximum Gasteiger partial charge on any atom is 0.237 e. The van der Waals surface area contributed by atoms with Gasteiger partial charge in [-0.15, -0.1) is 0 Å². The van der Waals surface area contributed by atoms with Crippen LogP contribution in [0.2, 0.25) is 0 Å². The van der Waals surface area contributed by atoms with Crippen LogP contribution in [0, 0.1) is 0 Å². The van der Waals surface area contributed by atoms with Crippen LogP contribution < -0.4 is 5.32 Å². The molecule has 2 aromatic carbocycles. The summed E-state index contributed by atoms with van der Waals surface area (Å²) in [4.78, 5) is 12.6. The Balaban J connectivity index is 1.74. The Kier molecular flexibility index (Phi) is 6.09. The van der Waals surface area contributed by atoms with Crippen molar-refractivity contribution in [1.82, 2.24) is 5.32 Å². The lowest BCUT2D eigenvalue weighted by Crippen LogP contribution is -2.30. The molecule has 0 radical (unpaired) electrons. The topological polar surface area (TPSA) is 29.1 Å². The van der Waals surface area contributed by atoms with Crippen molar-refractivity contribution >= 4 is 28.5 Å². The second-order valence-electron chi connectivity index (χ2n) is 6.33. The molecular formula is C23H22INO. The number of hydrogen-bond donors (Lipinski definition) is 1. The van der Waals surface area contributed by atoms with Gasteiger partial charge in [-0.2, -0.15) is 0 Å². The van der Waals surface area contributed by atoms with Crippen LogP contribution in [0.4, 0.5) is 0 Å². The summed E-state index contributed by atoms with van der Waals surface area (Å²) in [6.07, 6.45) is 8.29. The van der Waals surface area contributed by atoms with E-state index >= 15 is 0 Å². The predicted molar refractivity (Wildman–Crippen MR) is 117 cm³/mol. The molecule has 2 nitrogen and oxygen atoms in total. The fraction of sp³-hybridized carbons (Fsp3) is 0.174. The second kappa shape index (κ2) is 8.49. The average Bonchev–Trinajstić information content (AvgIpc) is 2.96. The van der Waals surface area contributed by atoms with E-state index in [2.05, 4.69) is 83.0 Å². The fourth-order valence-corrected chi connectivity index (χ4v) is 4.05. The molecule has 1 amide bonds. The molecule has 1 atom stereocenters. The molecule has 0 saturated carbocycles. The van der Waals surface area contributed by atoms with Crippen molar-refractivity contribution in [3.05, 3.63) is 96.2 Å². The lowest BCUT2D eigenvalue weighted by atomic mass is 9.92. The summed E-state index contributed by atoms with van der Waals surface area (Å²) in [5.41, 5.74) is 5.82. The molecular weight excluding hydrogens is 433 g/mol. The van der Waals surface area contributed by atoms with Gasteiger partial charge in [0, 0.05) is 11.6 Å². The molecule has 0 spiro atoms. The maximum absolute atomic E-state index is 12.6. The van der Waals surface area contributed by atoms with Crippen LogP contribution in [0.25, 0.3) is 11.1 Å². The maximum atomic E-state index is 12.6. The van der Waals surface area contributed by atoms with Crippen LogP contribution in [0.15, 0.2) is 85.1 Å². The SMILES string of the molecule is C=C(/C=C\C=C/C)NC(=O)[C@H](I)CC1c2ccccc2-c2ccccc21. The van der Waals surface area contributed by atoms with Gasteiger partial charge in [0.25, 0.3) is 0 Å². The van der Waals surface area contributed by atoms with Crippen LogP contribution in [-0.4, -0.2) is 9.83 Å². The van der Waals surface area contributed by atoms with Crippen LogP contribution in [0.1, 0.15) is 30.4 Å². The minimum atomic E-state index is -0.135. The summed E-state index contributed by atoms with van der Waals surface area (Å²) < 4.78 is -0.135. The quantitative estimate of drug-likeness (QED) is 0.335. The number of rotatable bonds is 6. The molecule has 0 aromatic heterocycles. The van der Waals surface area contributed by atoms with E-state index in [0.29, 0.717) is 5.70 Å². The number of carbonyl (C=O) groups is 1. The number of fused-ring (bicyclic) bond motifs is 3. The van der Waals surface area contributed by atoms with E-state index in [4.69, 9.17) is 0 Å². The minimum Gasteiger partial charge on any atom is -0.326 e. The zero-order valence-electron chi connectivity index (χ0n) is 14.8. The first-order valence-electron chi connectivity index (χ1n) is 8.73. The Morgan fingerprint density at radius 1 is 1.12 bits per heavy atom. The standard InChI is InChI=1S/C23H22INO/c1-3-4-5-10-16(2)25-23(26)22(24)15-21-19-13-8-6-11-17(19)18-12-7-9-14-20(18)21/h3-14,21-22H,2,15H2,1H3,(H,25,26)/b4-3-,10-5-/t22-/m1/s1. The molecule has 3 rings (SSSR count). The van der Waals surface area contributed by atoms with Gasteiger partial charge in [0.1, 0.15) is 0 Å². The Hall–Kier alpha value is -2.14. The number of nitrogens with one attached hydrogen (secondary N) is 1. The summed E-state index contributed by atoms with van der Waals surface area (Å²) >= 11 is 2.24. The van der Waals surface area contributed by atoms with Crippen LogP contribution in [0.5, 0.6) is 0 Å². The van der Waals surface area contributed by atoms with Crippen molar-refractivity contribution in [3.63, 3.8) is 0 Å². The molecule has 0 saturated heterocycles. The molecule has 1 N–H and O–H groups in total. The molecule has 132 valence electrons. The number of alkyl halides is 1. The first kappa shape index (κ1) is 18.6. The Morgan fingerprint density at radius 2 is 1.69 bits per heavy atom. The van der Waals surface area contributed by atoms with E-state index < -0.39 is 0 Å². The average molecular weight is 455 g/mol. The van der Waals surface area contributed by atoms with Gasteiger partial charge in [-0.25, -0.2) is 0 Å². The van der Waals surface area contributed by atoms with Crippen molar-refractivity contribution < 1.29 is 4.79 Å². The normalized spacial score (nSPS) is 14.4. The van der Waals surface area contributed by atoms with Crippen molar-refractivity contribution in [1.29, 1.82) is 0 Å². The first-order valence-corrected chi connectivity index (χ1v) is 9.97. The first-order chi connectivity index (χ1) is 12.6. The highest BCUT2D eigenvalue weighted by Gasteiger charge is 2.31. The summed E-state index contributed by atoms with van der Waals surface area (Å²) in [5, 5.41) is 2.90. The van der Waals surface area contributed by atoms with E-state index in [9.17, 15) is 4.79 Å².